The number of carbonyl (C=O) groups is 2. The first-order valence-corrected chi connectivity index (χ1v) is 12.0. The fourth-order valence-electron chi connectivity index (χ4n) is 4.60. The number of amides is 2. The van der Waals surface area contributed by atoms with Gasteiger partial charge in [0, 0.05) is 57.8 Å². The summed E-state index contributed by atoms with van der Waals surface area (Å²) in [6.45, 7) is 5.19. The van der Waals surface area contributed by atoms with Gasteiger partial charge in [-0.3, -0.25) is 14.5 Å². The maximum Gasteiger partial charge on any atom is 0.257 e. The van der Waals surface area contributed by atoms with E-state index in [2.05, 4.69) is 21.2 Å². The van der Waals surface area contributed by atoms with E-state index in [1.807, 2.05) is 49.5 Å². The number of methoxy groups -OCH3 is 1. The molecule has 1 fully saturated rings. The van der Waals surface area contributed by atoms with Crippen LogP contribution in [0.1, 0.15) is 35.3 Å². The lowest BCUT2D eigenvalue weighted by Crippen LogP contribution is -2.47. The van der Waals surface area contributed by atoms with Crippen molar-refractivity contribution in [3.63, 3.8) is 0 Å². The summed E-state index contributed by atoms with van der Waals surface area (Å²) in [5.41, 5.74) is 3.40. The summed E-state index contributed by atoms with van der Waals surface area (Å²) in [6, 6.07) is 13.5. The highest BCUT2D eigenvalue weighted by atomic mass is 35.5. The van der Waals surface area contributed by atoms with E-state index >= 15 is 0 Å². The quantitative estimate of drug-likeness (QED) is 0.669. The molecule has 2 aliphatic rings. The third-order valence-corrected chi connectivity index (χ3v) is 6.84. The van der Waals surface area contributed by atoms with Crippen molar-refractivity contribution in [1.29, 1.82) is 0 Å². The zero-order valence-corrected chi connectivity index (χ0v) is 20.6. The Balaban J connectivity index is 1.44. The van der Waals surface area contributed by atoms with Gasteiger partial charge in [0.25, 0.3) is 11.8 Å². The van der Waals surface area contributed by atoms with Gasteiger partial charge in [-0.05, 0) is 42.3 Å². The Morgan fingerprint density at radius 2 is 1.91 bits per heavy atom. The molecule has 0 spiro atoms. The second-order valence-electron chi connectivity index (χ2n) is 8.60. The van der Waals surface area contributed by atoms with Crippen molar-refractivity contribution in [2.75, 3.05) is 50.6 Å². The van der Waals surface area contributed by atoms with E-state index in [-0.39, 0.29) is 17.9 Å². The number of hydrogen-bond acceptors (Lipinski definition) is 5. The Morgan fingerprint density at radius 1 is 1.18 bits per heavy atom. The molecule has 2 aliphatic heterocycles. The highest BCUT2D eigenvalue weighted by Gasteiger charge is 2.29. The fraction of sp³-hybridized carbons (Fsp3) is 0.385. The van der Waals surface area contributed by atoms with E-state index in [1.54, 1.807) is 18.0 Å². The second-order valence-corrected chi connectivity index (χ2v) is 9.01. The van der Waals surface area contributed by atoms with Crippen molar-refractivity contribution in [3.8, 4) is 0 Å². The van der Waals surface area contributed by atoms with Crippen LogP contribution in [0.4, 0.5) is 11.4 Å². The number of rotatable bonds is 6. The van der Waals surface area contributed by atoms with Crippen LogP contribution in [0.25, 0.3) is 0 Å². The molecule has 7 nitrogen and oxygen atoms in total. The predicted octanol–water partition coefficient (Wildman–Crippen LogP) is 4.17. The van der Waals surface area contributed by atoms with Crippen LogP contribution in [0.2, 0.25) is 5.02 Å². The lowest BCUT2D eigenvalue weighted by Gasteiger charge is -2.39. The molecule has 180 valence electrons. The third-order valence-electron chi connectivity index (χ3n) is 6.53. The van der Waals surface area contributed by atoms with Gasteiger partial charge in [-0.25, -0.2) is 0 Å². The van der Waals surface area contributed by atoms with Gasteiger partial charge < -0.3 is 19.9 Å². The highest BCUT2D eigenvalue weighted by Crippen LogP contribution is 2.33. The highest BCUT2D eigenvalue weighted by molar-refractivity contribution is 6.33. The first-order chi connectivity index (χ1) is 16.4. The zero-order chi connectivity index (χ0) is 24.2. The number of benzene rings is 2. The molecule has 2 aromatic rings. The molecule has 0 saturated carbocycles. The van der Waals surface area contributed by atoms with Gasteiger partial charge in [-0.15, -0.1) is 0 Å². The number of fused-ring (bicyclic) bond motifs is 1. The summed E-state index contributed by atoms with van der Waals surface area (Å²) in [5.74, 6) is -0.161. The minimum Gasteiger partial charge on any atom is -0.372 e. The van der Waals surface area contributed by atoms with E-state index in [0.717, 1.165) is 43.0 Å². The lowest BCUT2D eigenvalue weighted by molar-refractivity contribution is -0.125. The van der Waals surface area contributed by atoms with E-state index < -0.39 is 6.10 Å². The summed E-state index contributed by atoms with van der Waals surface area (Å²) in [6.07, 6.45) is 4.09. The van der Waals surface area contributed by atoms with Gasteiger partial charge in [0.1, 0.15) is 6.10 Å². The molecule has 0 radical (unpaired) electrons. The molecule has 1 saturated heterocycles. The normalized spacial score (nSPS) is 19.5. The second kappa shape index (κ2) is 10.6. The molecular weight excluding hydrogens is 452 g/mol. The number of nitrogens with zero attached hydrogens (tertiary/aromatic N) is 3. The summed E-state index contributed by atoms with van der Waals surface area (Å²) in [4.78, 5) is 31.3. The number of nitrogens with one attached hydrogen (secondary N) is 1. The van der Waals surface area contributed by atoms with Crippen LogP contribution >= 0.6 is 11.6 Å². The topological polar surface area (TPSA) is 65.1 Å². The smallest absolute Gasteiger partial charge is 0.257 e. The molecule has 2 amide bonds. The number of anilines is 2. The van der Waals surface area contributed by atoms with Crippen molar-refractivity contribution in [2.45, 2.75) is 25.5 Å². The van der Waals surface area contributed by atoms with E-state index in [0.29, 0.717) is 17.1 Å². The number of halogens is 1. The van der Waals surface area contributed by atoms with Crippen molar-refractivity contribution in [1.82, 2.24) is 9.80 Å². The van der Waals surface area contributed by atoms with Crippen LogP contribution in [0.3, 0.4) is 0 Å². The van der Waals surface area contributed by atoms with Gasteiger partial charge in [0.2, 0.25) is 0 Å². The molecule has 0 aliphatic carbocycles. The Labute approximate surface area is 205 Å². The van der Waals surface area contributed by atoms with Gasteiger partial charge in [-0.2, -0.15) is 0 Å². The average Bonchev–Trinajstić information content (AvgIpc) is 2.97. The molecule has 2 heterocycles. The van der Waals surface area contributed by atoms with Crippen LogP contribution in [-0.4, -0.2) is 68.1 Å². The molecule has 2 aromatic carbocycles. The van der Waals surface area contributed by atoms with Gasteiger partial charge in [0.05, 0.1) is 16.8 Å². The number of ether oxygens (including phenoxy) is 1. The van der Waals surface area contributed by atoms with Gasteiger partial charge in [-0.1, -0.05) is 36.7 Å². The lowest BCUT2D eigenvalue weighted by atomic mass is 9.98. The molecule has 0 aromatic heterocycles. The first-order valence-electron chi connectivity index (χ1n) is 11.6. The monoisotopic (exact) mass is 482 g/mol. The summed E-state index contributed by atoms with van der Waals surface area (Å²) in [5, 5.41) is 3.47. The van der Waals surface area contributed by atoms with Crippen LogP contribution in [0, 0.1) is 0 Å². The third kappa shape index (κ3) is 4.97. The Morgan fingerprint density at radius 3 is 2.59 bits per heavy atom. The molecule has 4 rings (SSSR count). The SMILES string of the molecule is CCC(OC)C(=O)Nc1ccc(N2CCN(C3C=CN(C)C(=O)c4ccccc43)CC2)c(Cl)c1. The Bertz CT molecular complexity index is 1080. The van der Waals surface area contributed by atoms with Crippen LogP contribution in [-0.2, 0) is 9.53 Å². The maximum atomic E-state index is 12.7. The largest absolute Gasteiger partial charge is 0.372 e. The minimum absolute atomic E-state index is 0.0164. The van der Waals surface area contributed by atoms with E-state index in [9.17, 15) is 9.59 Å². The molecule has 0 bridgehead atoms. The van der Waals surface area contributed by atoms with Crippen LogP contribution in [0.15, 0.2) is 54.7 Å². The molecule has 34 heavy (non-hydrogen) atoms. The van der Waals surface area contributed by atoms with Gasteiger partial charge in [0.15, 0.2) is 0 Å². The molecular formula is C26H31ClN4O3. The van der Waals surface area contributed by atoms with Crippen molar-refractivity contribution in [2.24, 2.45) is 0 Å². The van der Waals surface area contributed by atoms with Crippen LogP contribution < -0.4 is 10.2 Å². The van der Waals surface area contributed by atoms with Gasteiger partial charge >= 0.3 is 0 Å². The Kier molecular flexibility index (Phi) is 7.56. The maximum absolute atomic E-state index is 12.7. The molecule has 8 heteroatoms. The van der Waals surface area contributed by atoms with Crippen molar-refractivity contribution in [3.05, 3.63) is 70.9 Å². The summed E-state index contributed by atoms with van der Waals surface area (Å²) < 4.78 is 5.20. The molecule has 1 N–H and O–H groups in total. The van der Waals surface area contributed by atoms with Crippen LogP contribution in [0.5, 0.6) is 0 Å². The summed E-state index contributed by atoms with van der Waals surface area (Å²) >= 11 is 6.61. The average molecular weight is 483 g/mol. The number of piperazine rings is 1. The number of carbonyl (C=O) groups excluding carboxylic acids is 2. The summed E-state index contributed by atoms with van der Waals surface area (Å²) in [7, 11) is 3.32. The van der Waals surface area contributed by atoms with Crippen molar-refractivity contribution < 1.29 is 14.3 Å². The standard InChI is InChI=1S/C26H31ClN4O3/c1-4-24(34-3)25(32)28-18-9-10-23(21(27)17-18)31-15-13-30(14-16-31)22-11-12-29(2)26(33)20-8-6-5-7-19(20)22/h5-12,17,22,24H,4,13-16H2,1-3H3,(H,28,32). The van der Waals surface area contributed by atoms with E-state index in [4.69, 9.17) is 16.3 Å². The minimum atomic E-state index is -0.482. The molecule has 2 atom stereocenters. The predicted molar refractivity (Wildman–Crippen MR) is 135 cm³/mol. The van der Waals surface area contributed by atoms with Crippen molar-refractivity contribution >= 4 is 34.8 Å². The fourth-order valence-corrected chi connectivity index (χ4v) is 4.90. The number of hydrogen-bond donors (Lipinski definition) is 1. The first kappa shape index (κ1) is 24.3. The van der Waals surface area contributed by atoms with E-state index in [1.165, 1.54) is 7.11 Å². The zero-order valence-electron chi connectivity index (χ0n) is 19.8. The molecule has 2 unspecified atom stereocenters. The Hall–Kier alpha value is -2.87.